The van der Waals surface area contributed by atoms with Crippen molar-refractivity contribution >= 4 is 5.91 Å². The second kappa shape index (κ2) is 8.74. The molecule has 1 atom stereocenters. The van der Waals surface area contributed by atoms with Crippen LogP contribution in [0.1, 0.15) is 5.56 Å². The second-order valence-electron chi connectivity index (χ2n) is 4.96. The van der Waals surface area contributed by atoms with E-state index in [0.717, 1.165) is 0 Å². The van der Waals surface area contributed by atoms with E-state index in [-0.39, 0.29) is 0 Å². The van der Waals surface area contributed by atoms with Crippen LogP contribution < -0.4 is 11.5 Å². The number of carbonyl (C=O) groups is 1. The molecule has 0 fully saturated rings. The number of nitrogens with two attached hydrogens (primary N) is 2. The zero-order chi connectivity index (χ0) is 15.7. The summed E-state index contributed by atoms with van der Waals surface area (Å²) in [6, 6.07) is 9.19. The largest absolute Gasteiger partial charge is 0.383 e. The van der Waals surface area contributed by atoms with Gasteiger partial charge in [-0.15, -0.1) is 0 Å². The van der Waals surface area contributed by atoms with Gasteiger partial charge in [-0.2, -0.15) is 0 Å². The van der Waals surface area contributed by atoms with E-state index >= 15 is 0 Å². The molecule has 0 aliphatic heterocycles. The molecule has 6 nitrogen and oxygen atoms in total. The maximum Gasteiger partial charge on any atom is 0.243 e. The highest BCUT2D eigenvalue weighted by Gasteiger charge is 2.35. The number of nitrogens with zero attached hydrogens (tertiary/aromatic N) is 1. The molecule has 1 unspecified atom stereocenters. The molecule has 118 valence electrons. The van der Waals surface area contributed by atoms with Gasteiger partial charge in [-0.1, -0.05) is 30.3 Å². The second-order valence-corrected chi connectivity index (χ2v) is 4.96. The Hall–Kier alpha value is -1.47. The summed E-state index contributed by atoms with van der Waals surface area (Å²) >= 11 is 0. The molecule has 0 aliphatic carbocycles. The van der Waals surface area contributed by atoms with Crippen LogP contribution >= 0.6 is 0 Å². The fraction of sp³-hybridized carbons (Fsp3) is 0.533. The lowest BCUT2D eigenvalue weighted by atomic mass is 9.89. The van der Waals surface area contributed by atoms with Gasteiger partial charge in [0.25, 0.3) is 0 Å². The molecule has 21 heavy (non-hydrogen) atoms. The summed E-state index contributed by atoms with van der Waals surface area (Å²) in [6.45, 7) is 2.72. The van der Waals surface area contributed by atoms with E-state index in [4.69, 9.17) is 20.9 Å². The topological polar surface area (TPSA) is 90.8 Å². The maximum atomic E-state index is 11.9. The Balaban J connectivity index is 2.90. The van der Waals surface area contributed by atoms with Gasteiger partial charge < -0.3 is 20.9 Å². The first-order chi connectivity index (χ1) is 10.0. The number of rotatable bonds is 10. The first-order valence-corrected chi connectivity index (χ1v) is 6.89. The number of methoxy groups -OCH3 is 2. The zero-order valence-electron chi connectivity index (χ0n) is 12.7. The minimum absolute atomic E-state index is 0.319. The first-order valence-electron chi connectivity index (χ1n) is 6.89. The predicted molar refractivity (Wildman–Crippen MR) is 81.7 cm³/mol. The molecule has 0 saturated carbocycles. The summed E-state index contributed by atoms with van der Waals surface area (Å²) < 4.78 is 10.2. The highest BCUT2D eigenvalue weighted by Crippen LogP contribution is 2.19. The molecule has 1 aromatic rings. The summed E-state index contributed by atoms with van der Waals surface area (Å²) in [6.07, 6.45) is 0. The van der Waals surface area contributed by atoms with Crippen molar-refractivity contribution in [2.45, 2.75) is 5.54 Å². The van der Waals surface area contributed by atoms with Gasteiger partial charge in [-0.3, -0.25) is 9.69 Å². The number of primary amides is 1. The summed E-state index contributed by atoms with van der Waals surface area (Å²) in [4.78, 5) is 13.9. The van der Waals surface area contributed by atoms with Crippen molar-refractivity contribution in [3.8, 4) is 0 Å². The molecule has 1 rings (SSSR count). The fourth-order valence-corrected chi connectivity index (χ4v) is 2.11. The first kappa shape index (κ1) is 17.6. The molecule has 0 saturated heterocycles. The van der Waals surface area contributed by atoms with Crippen LogP contribution in [0.15, 0.2) is 30.3 Å². The molecule has 1 aromatic carbocycles. The van der Waals surface area contributed by atoms with Crippen LogP contribution in [0.4, 0.5) is 0 Å². The summed E-state index contributed by atoms with van der Waals surface area (Å²) in [5.41, 5.74) is 11.3. The average molecular weight is 295 g/mol. The number of benzene rings is 1. The number of carbonyl (C=O) groups excluding carboxylic acids is 1. The molecule has 4 N–H and O–H groups in total. The van der Waals surface area contributed by atoms with Crippen LogP contribution in [-0.4, -0.2) is 57.9 Å². The van der Waals surface area contributed by atoms with Crippen LogP contribution in [-0.2, 0) is 19.8 Å². The van der Waals surface area contributed by atoms with Crippen LogP contribution in [0.5, 0.6) is 0 Å². The van der Waals surface area contributed by atoms with Gasteiger partial charge in [0, 0.05) is 33.9 Å². The Labute approximate surface area is 126 Å². The highest BCUT2D eigenvalue weighted by atomic mass is 16.5. The van der Waals surface area contributed by atoms with Crippen molar-refractivity contribution in [3.05, 3.63) is 35.9 Å². The van der Waals surface area contributed by atoms with Gasteiger partial charge in [0.05, 0.1) is 13.2 Å². The van der Waals surface area contributed by atoms with Gasteiger partial charge in [0.2, 0.25) is 5.91 Å². The maximum absolute atomic E-state index is 11.9. The van der Waals surface area contributed by atoms with E-state index in [1.807, 2.05) is 35.2 Å². The SMILES string of the molecule is COCCN(CCOC)CC(N)(C(N)=O)c1ccccc1. The molecule has 0 aromatic heterocycles. The van der Waals surface area contributed by atoms with Gasteiger partial charge in [-0.25, -0.2) is 0 Å². The van der Waals surface area contributed by atoms with Crippen LogP contribution in [0.3, 0.4) is 0 Å². The van der Waals surface area contributed by atoms with Crippen LogP contribution in [0.25, 0.3) is 0 Å². The Morgan fingerprint density at radius 3 is 2.10 bits per heavy atom. The number of hydrogen-bond donors (Lipinski definition) is 2. The quantitative estimate of drug-likeness (QED) is 0.630. The van der Waals surface area contributed by atoms with Gasteiger partial charge in [-0.05, 0) is 5.56 Å². The van der Waals surface area contributed by atoms with Crippen LogP contribution in [0.2, 0.25) is 0 Å². The molecule has 6 heteroatoms. The van der Waals surface area contributed by atoms with E-state index in [1.165, 1.54) is 0 Å². The molecule has 1 amide bonds. The van der Waals surface area contributed by atoms with E-state index in [0.29, 0.717) is 38.4 Å². The lowest BCUT2D eigenvalue weighted by Crippen LogP contribution is -2.57. The third kappa shape index (κ3) is 5.09. The smallest absolute Gasteiger partial charge is 0.243 e. The van der Waals surface area contributed by atoms with Crippen molar-refractivity contribution in [2.24, 2.45) is 11.5 Å². The van der Waals surface area contributed by atoms with Gasteiger partial charge in [0.15, 0.2) is 0 Å². The molecule has 0 aliphatic rings. The molecular formula is C15H25N3O3. The van der Waals surface area contributed by atoms with E-state index in [9.17, 15) is 4.79 Å². The minimum Gasteiger partial charge on any atom is -0.383 e. The molecular weight excluding hydrogens is 270 g/mol. The molecule has 0 radical (unpaired) electrons. The van der Waals surface area contributed by atoms with E-state index in [2.05, 4.69) is 0 Å². The van der Waals surface area contributed by atoms with Gasteiger partial charge >= 0.3 is 0 Å². The summed E-state index contributed by atoms with van der Waals surface area (Å²) in [5, 5.41) is 0. The summed E-state index contributed by atoms with van der Waals surface area (Å²) in [7, 11) is 3.27. The summed E-state index contributed by atoms with van der Waals surface area (Å²) in [5.74, 6) is -0.548. The fourth-order valence-electron chi connectivity index (χ4n) is 2.11. The molecule has 0 bridgehead atoms. The molecule has 0 spiro atoms. The Kier molecular flexibility index (Phi) is 7.31. The number of hydrogen-bond acceptors (Lipinski definition) is 5. The van der Waals surface area contributed by atoms with Crippen molar-refractivity contribution in [3.63, 3.8) is 0 Å². The lowest BCUT2D eigenvalue weighted by molar-refractivity contribution is -0.124. The number of amides is 1. The van der Waals surface area contributed by atoms with Gasteiger partial charge in [0.1, 0.15) is 5.54 Å². The van der Waals surface area contributed by atoms with Crippen molar-refractivity contribution in [2.75, 3.05) is 47.1 Å². The Morgan fingerprint density at radius 1 is 1.14 bits per heavy atom. The predicted octanol–water partition coefficient (Wildman–Crippen LogP) is -0.0793. The average Bonchev–Trinajstić information content (AvgIpc) is 2.50. The van der Waals surface area contributed by atoms with Crippen molar-refractivity contribution in [1.29, 1.82) is 0 Å². The van der Waals surface area contributed by atoms with E-state index < -0.39 is 11.4 Å². The minimum atomic E-state index is -1.23. The monoisotopic (exact) mass is 295 g/mol. The number of ether oxygens (including phenoxy) is 2. The van der Waals surface area contributed by atoms with Crippen molar-refractivity contribution in [1.82, 2.24) is 4.90 Å². The third-order valence-corrected chi connectivity index (χ3v) is 3.42. The highest BCUT2D eigenvalue weighted by molar-refractivity contribution is 5.86. The van der Waals surface area contributed by atoms with E-state index in [1.54, 1.807) is 14.2 Å². The van der Waals surface area contributed by atoms with Crippen molar-refractivity contribution < 1.29 is 14.3 Å². The Morgan fingerprint density at radius 2 is 1.67 bits per heavy atom. The Bertz CT molecular complexity index is 419. The molecule has 0 heterocycles. The van der Waals surface area contributed by atoms with Crippen LogP contribution in [0, 0.1) is 0 Å². The standard InChI is InChI=1S/C15H25N3O3/c1-20-10-8-18(9-11-21-2)12-15(17,14(16)19)13-6-4-3-5-7-13/h3-7H,8-12,17H2,1-2H3,(H2,16,19). The third-order valence-electron chi connectivity index (χ3n) is 3.42. The lowest BCUT2D eigenvalue weighted by Gasteiger charge is -2.33. The zero-order valence-corrected chi connectivity index (χ0v) is 12.7. The normalized spacial score (nSPS) is 14.1.